The Morgan fingerprint density at radius 3 is 2.65 bits per heavy atom. The van der Waals surface area contributed by atoms with Crippen molar-refractivity contribution in [2.24, 2.45) is 0 Å². The van der Waals surface area contributed by atoms with Crippen molar-refractivity contribution in [3.63, 3.8) is 0 Å². The number of hydrogen-bond acceptors (Lipinski definition) is 4. The second kappa shape index (κ2) is 7.04. The number of hydrogen-bond donors (Lipinski definition) is 1. The van der Waals surface area contributed by atoms with Crippen LogP contribution in [-0.2, 0) is 6.54 Å². The molecule has 4 nitrogen and oxygen atoms in total. The average Bonchev–Trinajstić information content (AvgIpc) is 2.45. The zero-order chi connectivity index (χ0) is 14.5. The molecule has 2 rings (SSSR count). The molecule has 0 spiro atoms. The first-order chi connectivity index (χ1) is 9.63. The van der Waals surface area contributed by atoms with Gasteiger partial charge in [0.05, 0.1) is 11.9 Å². The van der Waals surface area contributed by atoms with Gasteiger partial charge in [0.2, 0.25) is 0 Å². The zero-order valence-corrected chi connectivity index (χ0v) is 13.3. The normalized spacial score (nSPS) is 24.1. The zero-order valence-electron chi connectivity index (χ0n) is 13.3. The molecule has 1 aliphatic rings. The lowest BCUT2D eigenvalue weighted by Gasteiger charge is -2.44. The molecule has 20 heavy (non-hydrogen) atoms. The van der Waals surface area contributed by atoms with Crippen molar-refractivity contribution in [1.29, 1.82) is 0 Å². The Kier molecular flexibility index (Phi) is 5.38. The van der Waals surface area contributed by atoms with Crippen LogP contribution >= 0.6 is 0 Å². The van der Waals surface area contributed by atoms with E-state index in [4.69, 9.17) is 0 Å². The van der Waals surface area contributed by atoms with Crippen LogP contribution in [0.5, 0.6) is 0 Å². The Labute approximate surface area is 123 Å². The predicted molar refractivity (Wildman–Crippen MR) is 85.1 cm³/mol. The minimum atomic E-state index is 0.579. The molecule has 1 aromatic rings. The maximum absolute atomic E-state index is 4.33. The summed E-state index contributed by atoms with van der Waals surface area (Å²) >= 11 is 0. The van der Waals surface area contributed by atoms with E-state index in [1.54, 1.807) is 0 Å². The molecule has 4 heteroatoms. The summed E-state index contributed by atoms with van der Waals surface area (Å²) in [5.74, 6) is 0. The van der Waals surface area contributed by atoms with E-state index in [1.165, 1.54) is 17.7 Å². The summed E-state index contributed by atoms with van der Waals surface area (Å²) in [7, 11) is 2.22. The highest BCUT2D eigenvalue weighted by Gasteiger charge is 2.27. The fourth-order valence-corrected chi connectivity index (χ4v) is 2.85. The highest BCUT2D eigenvalue weighted by molar-refractivity contribution is 5.52. The number of nitrogens with one attached hydrogen (secondary N) is 1. The summed E-state index contributed by atoms with van der Waals surface area (Å²) in [6, 6.07) is 3.30. The lowest BCUT2D eigenvalue weighted by atomic mass is 10.1. The van der Waals surface area contributed by atoms with Crippen molar-refractivity contribution in [3.05, 3.63) is 24.0 Å². The summed E-state index contributed by atoms with van der Waals surface area (Å²) in [5, 5.41) is 3.50. The van der Waals surface area contributed by atoms with Gasteiger partial charge in [0.15, 0.2) is 0 Å². The number of rotatable bonds is 5. The lowest BCUT2D eigenvalue weighted by molar-refractivity contribution is 0.170. The molecule has 1 saturated heterocycles. The molecular formula is C16H28N4. The summed E-state index contributed by atoms with van der Waals surface area (Å²) in [6.07, 6.45) is 5.09. The molecule has 0 saturated carbocycles. The smallest absolute Gasteiger partial charge is 0.0599 e. The van der Waals surface area contributed by atoms with Crippen molar-refractivity contribution < 1.29 is 0 Å². The molecular weight excluding hydrogens is 248 g/mol. The summed E-state index contributed by atoms with van der Waals surface area (Å²) in [4.78, 5) is 9.29. The fraction of sp³-hybridized carbons (Fsp3) is 0.688. The third kappa shape index (κ3) is 3.49. The number of aromatic nitrogens is 1. The standard InChI is InChI=1S/C16H28N4/c1-5-7-17-9-15-6-8-18-10-16(15)20-11-13(2)19(4)14(3)12-20/h6,8,10,13-14,17H,5,7,9,11-12H2,1-4H3. The first-order valence-electron chi connectivity index (χ1n) is 7.74. The van der Waals surface area contributed by atoms with E-state index in [1.807, 2.05) is 12.4 Å². The molecule has 2 heterocycles. The van der Waals surface area contributed by atoms with Crippen molar-refractivity contribution >= 4 is 5.69 Å². The molecule has 0 aliphatic carbocycles. The van der Waals surface area contributed by atoms with Crippen LogP contribution in [0.3, 0.4) is 0 Å². The van der Waals surface area contributed by atoms with E-state index < -0.39 is 0 Å². The van der Waals surface area contributed by atoms with E-state index in [9.17, 15) is 0 Å². The second-order valence-corrected chi connectivity index (χ2v) is 5.95. The Hall–Kier alpha value is -1.13. The monoisotopic (exact) mass is 276 g/mol. The van der Waals surface area contributed by atoms with E-state index in [2.05, 4.69) is 54.0 Å². The van der Waals surface area contributed by atoms with Crippen molar-refractivity contribution in [2.45, 2.75) is 45.8 Å². The summed E-state index contributed by atoms with van der Waals surface area (Å²) < 4.78 is 0. The Morgan fingerprint density at radius 1 is 1.30 bits per heavy atom. The van der Waals surface area contributed by atoms with Gasteiger partial charge in [-0.05, 0) is 45.5 Å². The average molecular weight is 276 g/mol. The first kappa shape index (κ1) is 15.3. The number of nitrogens with zero attached hydrogens (tertiary/aromatic N) is 3. The topological polar surface area (TPSA) is 31.4 Å². The van der Waals surface area contributed by atoms with E-state index in [-0.39, 0.29) is 0 Å². The van der Waals surface area contributed by atoms with Gasteiger partial charge >= 0.3 is 0 Å². The number of pyridine rings is 1. The van der Waals surface area contributed by atoms with Gasteiger partial charge in [0.1, 0.15) is 0 Å². The van der Waals surface area contributed by atoms with Gasteiger partial charge in [-0.3, -0.25) is 9.88 Å². The van der Waals surface area contributed by atoms with E-state index in [0.717, 1.165) is 26.2 Å². The van der Waals surface area contributed by atoms with Crippen LogP contribution in [0.1, 0.15) is 32.8 Å². The molecule has 2 unspecified atom stereocenters. The molecule has 0 amide bonds. The van der Waals surface area contributed by atoms with Gasteiger partial charge in [-0.25, -0.2) is 0 Å². The van der Waals surface area contributed by atoms with Gasteiger partial charge < -0.3 is 10.2 Å². The van der Waals surface area contributed by atoms with Gasteiger partial charge in [0, 0.05) is 37.9 Å². The Morgan fingerprint density at radius 2 is 2.00 bits per heavy atom. The third-order valence-electron chi connectivity index (χ3n) is 4.33. The van der Waals surface area contributed by atoms with Crippen LogP contribution in [-0.4, -0.2) is 48.6 Å². The highest BCUT2D eigenvalue weighted by atomic mass is 15.3. The molecule has 1 aliphatic heterocycles. The number of anilines is 1. The molecule has 2 atom stereocenters. The largest absolute Gasteiger partial charge is 0.367 e. The SMILES string of the molecule is CCCNCc1ccncc1N1CC(C)N(C)C(C)C1. The van der Waals surface area contributed by atoms with Crippen molar-refractivity contribution in [2.75, 3.05) is 31.6 Å². The van der Waals surface area contributed by atoms with Crippen LogP contribution in [0.2, 0.25) is 0 Å². The van der Waals surface area contributed by atoms with Gasteiger partial charge in [-0.15, -0.1) is 0 Å². The molecule has 1 aromatic heterocycles. The van der Waals surface area contributed by atoms with Crippen LogP contribution < -0.4 is 10.2 Å². The van der Waals surface area contributed by atoms with Crippen LogP contribution in [0.25, 0.3) is 0 Å². The van der Waals surface area contributed by atoms with E-state index in [0.29, 0.717) is 12.1 Å². The number of likely N-dealkylation sites (N-methyl/N-ethyl adjacent to an activating group) is 1. The van der Waals surface area contributed by atoms with Gasteiger partial charge in [-0.1, -0.05) is 6.92 Å². The molecule has 112 valence electrons. The highest BCUT2D eigenvalue weighted by Crippen LogP contribution is 2.24. The van der Waals surface area contributed by atoms with Gasteiger partial charge in [0.25, 0.3) is 0 Å². The minimum Gasteiger partial charge on any atom is -0.367 e. The van der Waals surface area contributed by atoms with Crippen LogP contribution in [0.15, 0.2) is 18.5 Å². The minimum absolute atomic E-state index is 0.579. The first-order valence-corrected chi connectivity index (χ1v) is 7.74. The lowest BCUT2D eigenvalue weighted by Crippen LogP contribution is -2.55. The quantitative estimate of drug-likeness (QED) is 0.835. The molecule has 0 radical (unpaired) electrons. The van der Waals surface area contributed by atoms with Crippen molar-refractivity contribution in [3.8, 4) is 0 Å². The van der Waals surface area contributed by atoms with Crippen molar-refractivity contribution in [1.82, 2.24) is 15.2 Å². The fourth-order valence-electron chi connectivity index (χ4n) is 2.85. The molecule has 0 aromatic carbocycles. The third-order valence-corrected chi connectivity index (χ3v) is 4.33. The van der Waals surface area contributed by atoms with Gasteiger partial charge in [-0.2, -0.15) is 0 Å². The van der Waals surface area contributed by atoms with Crippen LogP contribution in [0, 0.1) is 0 Å². The Balaban J connectivity index is 2.11. The number of piperazine rings is 1. The molecule has 0 bridgehead atoms. The summed E-state index contributed by atoms with van der Waals surface area (Å²) in [6.45, 7) is 10.9. The summed E-state index contributed by atoms with van der Waals surface area (Å²) in [5.41, 5.74) is 2.65. The second-order valence-electron chi connectivity index (χ2n) is 5.95. The maximum atomic E-state index is 4.33. The molecule has 1 N–H and O–H groups in total. The maximum Gasteiger partial charge on any atom is 0.0599 e. The molecule has 1 fully saturated rings. The van der Waals surface area contributed by atoms with Crippen LogP contribution in [0.4, 0.5) is 5.69 Å². The Bertz CT molecular complexity index is 409. The van der Waals surface area contributed by atoms with E-state index >= 15 is 0 Å². The predicted octanol–water partition coefficient (Wildman–Crippen LogP) is 2.11.